The average molecular weight is 223 g/mol. The quantitative estimate of drug-likeness (QED) is 0.644. The van der Waals surface area contributed by atoms with Crippen LogP contribution in [0.1, 0.15) is 10.4 Å². The van der Waals surface area contributed by atoms with E-state index in [2.05, 4.69) is 41.4 Å². The summed E-state index contributed by atoms with van der Waals surface area (Å²) in [6.07, 6.45) is 7.28. The van der Waals surface area contributed by atoms with Gasteiger partial charge in [-0.25, -0.2) is 0 Å². The lowest BCUT2D eigenvalue weighted by Crippen LogP contribution is -1.96. The molecule has 0 atom stereocenters. The smallest absolute Gasteiger partial charge is 0.0679 e. The zero-order chi connectivity index (χ0) is 10.5. The molecule has 1 aliphatic heterocycles. The van der Waals surface area contributed by atoms with Crippen molar-refractivity contribution in [1.29, 1.82) is 0 Å². The van der Waals surface area contributed by atoms with E-state index in [0.29, 0.717) is 0 Å². The summed E-state index contributed by atoms with van der Waals surface area (Å²) in [6.45, 7) is 0. The molecule has 1 nitrogen and oxygen atoms in total. The predicted octanol–water partition coefficient (Wildman–Crippen LogP) is 3.81. The molecule has 76 valence electrons. The van der Waals surface area contributed by atoms with Crippen LogP contribution in [0.25, 0.3) is 16.2 Å². The van der Waals surface area contributed by atoms with Crippen LogP contribution in [0.3, 0.4) is 0 Å². The fraction of sp³-hybridized carbons (Fsp3) is 0.0714. The van der Waals surface area contributed by atoms with Crippen molar-refractivity contribution in [2.45, 2.75) is 6.42 Å². The first-order valence-corrected chi connectivity index (χ1v) is 6.19. The van der Waals surface area contributed by atoms with E-state index in [4.69, 9.17) is 0 Å². The molecule has 0 saturated heterocycles. The van der Waals surface area contributed by atoms with Crippen molar-refractivity contribution in [2.75, 3.05) is 0 Å². The Morgan fingerprint density at radius 2 is 2.12 bits per heavy atom. The Bertz CT molecular complexity index is 686. The summed E-state index contributed by atoms with van der Waals surface area (Å²) < 4.78 is 1.38. The predicted molar refractivity (Wildman–Crippen MR) is 70.1 cm³/mol. The third-order valence-corrected chi connectivity index (χ3v) is 4.34. The van der Waals surface area contributed by atoms with E-state index in [1.807, 2.05) is 17.6 Å². The molecule has 16 heavy (non-hydrogen) atoms. The maximum Gasteiger partial charge on any atom is 0.0679 e. The minimum atomic E-state index is 1.03. The number of hydrogen-bond acceptors (Lipinski definition) is 2. The Kier molecular flexibility index (Phi) is 1.55. The molecule has 2 heterocycles. The van der Waals surface area contributed by atoms with Crippen LogP contribution in [-0.4, -0.2) is 6.21 Å². The lowest BCUT2D eigenvalue weighted by Gasteiger charge is -2.10. The molecular formula is C14H9NS. The van der Waals surface area contributed by atoms with Crippen molar-refractivity contribution < 1.29 is 0 Å². The summed E-state index contributed by atoms with van der Waals surface area (Å²) >= 11 is 1.87. The number of aliphatic imine (C=N–C) groups is 1. The van der Waals surface area contributed by atoms with E-state index in [1.165, 1.54) is 26.1 Å². The van der Waals surface area contributed by atoms with Crippen LogP contribution in [0.5, 0.6) is 0 Å². The minimum Gasteiger partial charge on any atom is -0.257 e. The summed E-state index contributed by atoms with van der Waals surface area (Å²) in [5.74, 6) is 0. The number of allylic oxidation sites excluding steroid dienone is 2. The standard InChI is InChI=1S/C14H9NS/c1-2-4-13-10(3-1)11-7-9-5-6-15-12(9)8-14(11)16-13/h1-6,8H,7H2. The van der Waals surface area contributed by atoms with Gasteiger partial charge in [0.05, 0.1) is 5.70 Å². The second-order valence-electron chi connectivity index (χ2n) is 4.12. The largest absolute Gasteiger partial charge is 0.257 e. The van der Waals surface area contributed by atoms with Crippen LogP contribution in [0.2, 0.25) is 0 Å². The van der Waals surface area contributed by atoms with Crippen molar-refractivity contribution in [3.63, 3.8) is 0 Å². The fourth-order valence-corrected chi connectivity index (χ4v) is 3.55. The Labute approximate surface area is 97.4 Å². The van der Waals surface area contributed by atoms with Crippen LogP contribution in [0.15, 0.2) is 46.6 Å². The van der Waals surface area contributed by atoms with Crippen molar-refractivity contribution >= 4 is 33.7 Å². The highest BCUT2D eigenvalue weighted by molar-refractivity contribution is 7.20. The second kappa shape index (κ2) is 2.92. The first-order chi connectivity index (χ1) is 7.92. The molecule has 0 spiro atoms. The SMILES string of the molecule is C1=NC2=Cc3sc4ccccc4c3CC2=C1. The Morgan fingerprint density at radius 1 is 1.19 bits per heavy atom. The van der Waals surface area contributed by atoms with Gasteiger partial charge < -0.3 is 0 Å². The molecular weight excluding hydrogens is 214 g/mol. The third kappa shape index (κ3) is 1.02. The van der Waals surface area contributed by atoms with Crippen molar-refractivity contribution in [2.24, 2.45) is 4.99 Å². The van der Waals surface area contributed by atoms with Gasteiger partial charge in [-0.1, -0.05) is 18.2 Å². The highest BCUT2D eigenvalue weighted by Crippen LogP contribution is 2.40. The van der Waals surface area contributed by atoms with E-state index in [-0.39, 0.29) is 0 Å². The molecule has 1 aliphatic carbocycles. The van der Waals surface area contributed by atoms with Gasteiger partial charge in [0.25, 0.3) is 0 Å². The molecule has 0 saturated carbocycles. The molecule has 2 aromatic rings. The van der Waals surface area contributed by atoms with E-state index < -0.39 is 0 Å². The highest BCUT2D eigenvalue weighted by atomic mass is 32.1. The number of thiophene rings is 1. The van der Waals surface area contributed by atoms with Gasteiger partial charge in [-0.05, 0) is 34.7 Å². The molecule has 2 heteroatoms. The van der Waals surface area contributed by atoms with Crippen LogP contribution in [0, 0.1) is 0 Å². The molecule has 2 aliphatic rings. The Hall–Kier alpha value is -1.67. The summed E-state index contributed by atoms with van der Waals surface area (Å²) in [6, 6.07) is 8.65. The number of nitrogens with zero attached hydrogens (tertiary/aromatic N) is 1. The Morgan fingerprint density at radius 3 is 3.12 bits per heavy atom. The molecule has 4 rings (SSSR count). The fourth-order valence-electron chi connectivity index (χ4n) is 2.39. The lowest BCUT2D eigenvalue weighted by atomic mass is 9.95. The topological polar surface area (TPSA) is 12.4 Å². The van der Waals surface area contributed by atoms with Crippen molar-refractivity contribution in [3.05, 3.63) is 52.1 Å². The third-order valence-electron chi connectivity index (χ3n) is 3.18. The van der Waals surface area contributed by atoms with Crippen LogP contribution >= 0.6 is 11.3 Å². The van der Waals surface area contributed by atoms with Gasteiger partial charge in [-0.3, -0.25) is 4.99 Å². The average Bonchev–Trinajstić information content (AvgIpc) is 2.88. The van der Waals surface area contributed by atoms with E-state index >= 15 is 0 Å². The summed E-state index contributed by atoms with van der Waals surface area (Å²) in [7, 11) is 0. The number of fused-ring (bicyclic) bond motifs is 4. The van der Waals surface area contributed by atoms with E-state index in [9.17, 15) is 0 Å². The lowest BCUT2D eigenvalue weighted by molar-refractivity contribution is 1.16. The summed E-state index contributed by atoms with van der Waals surface area (Å²) in [5.41, 5.74) is 3.98. The van der Waals surface area contributed by atoms with Gasteiger partial charge in [0.15, 0.2) is 0 Å². The number of benzene rings is 1. The summed E-state index contributed by atoms with van der Waals surface area (Å²) in [4.78, 5) is 5.76. The van der Waals surface area contributed by atoms with Gasteiger partial charge in [0.1, 0.15) is 0 Å². The van der Waals surface area contributed by atoms with Crippen LogP contribution in [0.4, 0.5) is 0 Å². The zero-order valence-electron chi connectivity index (χ0n) is 8.60. The first-order valence-electron chi connectivity index (χ1n) is 5.37. The van der Waals surface area contributed by atoms with E-state index in [0.717, 1.165) is 12.1 Å². The molecule has 0 bridgehead atoms. The first kappa shape index (κ1) is 8.48. The molecule has 0 fully saturated rings. The number of rotatable bonds is 0. The minimum absolute atomic E-state index is 1.03. The number of hydrogen-bond donors (Lipinski definition) is 0. The zero-order valence-corrected chi connectivity index (χ0v) is 9.42. The van der Waals surface area contributed by atoms with Crippen LogP contribution in [-0.2, 0) is 6.42 Å². The maximum absolute atomic E-state index is 4.38. The van der Waals surface area contributed by atoms with Crippen molar-refractivity contribution in [1.82, 2.24) is 0 Å². The molecule has 1 aromatic carbocycles. The molecule has 0 amide bonds. The van der Waals surface area contributed by atoms with E-state index in [1.54, 1.807) is 0 Å². The van der Waals surface area contributed by atoms with Crippen LogP contribution < -0.4 is 0 Å². The molecule has 0 N–H and O–H groups in total. The maximum atomic E-state index is 4.38. The van der Waals surface area contributed by atoms with Crippen molar-refractivity contribution in [3.8, 4) is 0 Å². The monoisotopic (exact) mass is 223 g/mol. The van der Waals surface area contributed by atoms with Gasteiger partial charge in [0.2, 0.25) is 0 Å². The normalized spacial score (nSPS) is 17.0. The molecule has 1 aromatic heterocycles. The highest BCUT2D eigenvalue weighted by Gasteiger charge is 2.20. The molecule has 0 unspecified atom stereocenters. The van der Waals surface area contributed by atoms with Gasteiger partial charge >= 0.3 is 0 Å². The Balaban J connectivity index is 2.06. The van der Waals surface area contributed by atoms with Gasteiger partial charge in [0, 0.05) is 22.2 Å². The van der Waals surface area contributed by atoms with Gasteiger partial charge in [-0.2, -0.15) is 0 Å². The molecule has 0 radical (unpaired) electrons. The van der Waals surface area contributed by atoms with Gasteiger partial charge in [-0.15, -0.1) is 11.3 Å². The second-order valence-corrected chi connectivity index (χ2v) is 5.20. The summed E-state index contributed by atoms with van der Waals surface area (Å²) in [5, 5.41) is 1.41.